The van der Waals surface area contributed by atoms with E-state index in [1.165, 1.54) is 18.4 Å². The van der Waals surface area contributed by atoms with Crippen LogP contribution >= 0.6 is 50.5 Å². The summed E-state index contributed by atoms with van der Waals surface area (Å²) in [5.41, 5.74) is 6.02. The van der Waals surface area contributed by atoms with Crippen LogP contribution in [0.4, 0.5) is 0 Å². The molecule has 0 radical (unpaired) electrons. The summed E-state index contributed by atoms with van der Waals surface area (Å²) >= 11 is 18.2. The third kappa shape index (κ3) is 4.51. The molecular formula is C30H25BrCl2N4S. The zero-order valence-electron chi connectivity index (χ0n) is 20.8. The van der Waals surface area contributed by atoms with Gasteiger partial charge in [0.1, 0.15) is 10.7 Å². The third-order valence-electron chi connectivity index (χ3n) is 7.41. The Labute approximate surface area is 244 Å². The van der Waals surface area contributed by atoms with Gasteiger partial charge in [-0.15, -0.1) is 10.2 Å². The van der Waals surface area contributed by atoms with Crippen LogP contribution in [0.15, 0.2) is 77.3 Å². The van der Waals surface area contributed by atoms with Crippen molar-refractivity contribution in [2.45, 2.75) is 44.4 Å². The molecule has 2 aromatic heterocycles. The number of hydrogen-bond donors (Lipinski definition) is 0. The van der Waals surface area contributed by atoms with Gasteiger partial charge in [0.05, 0.1) is 16.4 Å². The smallest absolute Gasteiger partial charge is 0.168 e. The summed E-state index contributed by atoms with van der Waals surface area (Å²) in [4.78, 5) is 0. The summed E-state index contributed by atoms with van der Waals surface area (Å²) in [6.45, 7) is 2.15. The van der Waals surface area contributed by atoms with Gasteiger partial charge in [0, 0.05) is 26.0 Å². The van der Waals surface area contributed by atoms with Crippen LogP contribution in [-0.2, 0) is 11.8 Å². The predicted molar refractivity (Wildman–Crippen MR) is 161 cm³/mol. The summed E-state index contributed by atoms with van der Waals surface area (Å²) in [5.74, 6) is 0. The summed E-state index contributed by atoms with van der Waals surface area (Å²) in [5, 5.41) is 17.7. The fourth-order valence-corrected chi connectivity index (χ4v) is 7.44. The molecule has 1 aliphatic rings. The molecule has 38 heavy (non-hydrogen) atoms. The molecule has 4 nitrogen and oxygen atoms in total. The maximum atomic E-state index is 6.70. The standard InChI is InChI=1S/C30H25BrCl2N4S/c1-2-23-26(28-34-35-29(38-28)30(16-6-7-17-30)20-8-4-3-5-9-20)36-37(25-15-14-22(32)18-24(25)33)27(23)19-10-12-21(31)13-11-19/h3-5,8-15,18H,2,6-7,16-17H2,1H3. The number of benzene rings is 3. The average molecular weight is 624 g/mol. The first-order chi connectivity index (χ1) is 18.5. The molecule has 0 aliphatic heterocycles. The molecule has 192 valence electrons. The van der Waals surface area contributed by atoms with Gasteiger partial charge in [-0.3, -0.25) is 0 Å². The minimum atomic E-state index is -0.0832. The van der Waals surface area contributed by atoms with Gasteiger partial charge < -0.3 is 0 Å². The van der Waals surface area contributed by atoms with E-state index in [4.69, 9.17) is 38.5 Å². The normalized spacial score (nSPS) is 14.7. The van der Waals surface area contributed by atoms with Crippen LogP contribution < -0.4 is 0 Å². The largest absolute Gasteiger partial charge is 0.231 e. The first-order valence-electron chi connectivity index (χ1n) is 12.7. The first-order valence-corrected chi connectivity index (χ1v) is 15.1. The van der Waals surface area contributed by atoms with Crippen molar-refractivity contribution in [1.29, 1.82) is 0 Å². The zero-order valence-corrected chi connectivity index (χ0v) is 24.7. The van der Waals surface area contributed by atoms with Crippen molar-refractivity contribution in [1.82, 2.24) is 20.0 Å². The summed E-state index contributed by atoms with van der Waals surface area (Å²) < 4.78 is 2.95. The second-order valence-corrected chi connectivity index (χ2v) is 12.3. The van der Waals surface area contributed by atoms with Crippen LogP contribution in [-0.4, -0.2) is 20.0 Å². The van der Waals surface area contributed by atoms with Crippen molar-refractivity contribution in [3.8, 4) is 27.6 Å². The molecule has 0 saturated heterocycles. The molecule has 1 aliphatic carbocycles. The Bertz CT molecular complexity index is 1590. The van der Waals surface area contributed by atoms with Crippen molar-refractivity contribution in [3.05, 3.63) is 103 Å². The topological polar surface area (TPSA) is 43.6 Å². The Morgan fingerprint density at radius 1 is 0.947 bits per heavy atom. The van der Waals surface area contributed by atoms with E-state index in [0.29, 0.717) is 10.0 Å². The molecule has 8 heteroatoms. The van der Waals surface area contributed by atoms with Gasteiger partial charge in [-0.25, -0.2) is 4.68 Å². The van der Waals surface area contributed by atoms with Crippen LogP contribution in [0, 0.1) is 0 Å². The highest BCUT2D eigenvalue weighted by Crippen LogP contribution is 2.48. The third-order valence-corrected chi connectivity index (χ3v) is 9.61. The van der Waals surface area contributed by atoms with E-state index in [0.717, 1.165) is 62.0 Å². The summed E-state index contributed by atoms with van der Waals surface area (Å²) in [6.07, 6.45) is 5.35. The van der Waals surface area contributed by atoms with E-state index >= 15 is 0 Å². The first kappa shape index (κ1) is 25.8. The highest BCUT2D eigenvalue weighted by molar-refractivity contribution is 9.10. The quantitative estimate of drug-likeness (QED) is 0.189. The van der Waals surface area contributed by atoms with Gasteiger partial charge in [0.15, 0.2) is 5.01 Å². The van der Waals surface area contributed by atoms with Gasteiger partial charge in [0.2, 0.25) is 0 Å². The van der Waals surface area contributed by atoms with Gasteiger partial charge in [0.25, 0.3) is 0 Å². The average Bonchev–Trinajstić information content (AvgIpc) is 3.68. The number of hydrogen-bond acceptors (Lipinski definition) is 4. The minimum absolute atomic E-state index is 0.0832. The fourth-order valence-electron chi connectivity index (χ4n) is 5.56. The highest BCUT2D eigenvalue weighted by Gasteiger charge is 2.41. The number of halogens is 3. The molecular weight excluding hydrogens is 599 g/mol. The van der Waals surface area contributed by atoms with Gasteiger partial charge >= 0.3 is 0 Å². The Kier molecular flexibility index (Phi) is 7.16. The lowest BCUT2D eigenvalue weighted by Gasteiger charge is -2.26. The van der Waals surface area contributed by atoms with E-state index in [-0.39, 0.29) is 5.41 Å². The molecule has 1 fully saturated rings. The van der Waals surface area contributed by atoms with E-state index in [1.54, 1.807) is 17.4 Å². The SMILES string of the molecule is CCc1c(-c2nnc(C3(c4ccccc4)CCCC3)s2)nn(-c2ccc(Cl)cc2Cl)c1-c1ccc(Br)cc1. The Morgan fingerprint density at radius 2 is 1.68 bits per heavy atom. The second-order valence-electron chi connectivity index (χ2n) is 9.61. The van der Waals surface area contributed by atoms with Crippen LogP contribution in [0.3, 0.4) is 0 Å². The number of aromatic nitrogens is 4. The van der Waals surface area contributed by atoms with Gasteiger partial charge in [-0.1, -0.05) is 113 Å². The Morgan fingerprint density at radius 3 is 2.37 bits per heavy atom. The van der Waals surface area contributed by atoms with Crippen molar-refractivity contribution >= 4 is 50.5 Å². The molecule has 0 amide bonds. The maximum absolute atomic E-state index is 6.70. The second kappa shape index (κ2) is 10.6. The van der Waals surface area contributed by atoms with Crippen LogP contribution in [0.1, 0.15) is 48.7 Å². The minimum Gasteiger partial charge on any atom is -0.231 e. The molecule has 3 aromatic carbocycles. The lowest BCUT2D eigenvalue weighted by molar-refractivity contribution is 0.526. The molecule has 0 spiro atoms. The highest BCUT2D eigenvalue weighted by atomic mass is 79.9. The molecule has 6 rings (SSSR count). The molecule has 0 N–H and O–H groups in total. The predicted octanol–water partition coefficient (Wildman–Crippen LogP) is 9.55. The maximum Gasteiger partial charge on any atom is 0.168 e. The van der Waals surface area contributed by atoms with Gasteiger partial charge in [-0.05, 0) is 55.2 Å². The van der Waals surface area contributed by atoms with Crippen molar-refractivity contribution in [2.75, 3.05) is 0 Å². The summed E-state index contributed by atoms with van der Waals surface area (Å²) in [6, 6.07) is 24.6. The molecule has 0 bridgehead atoms. The Hall–Kier alpha value is -2.51. The lowest BCUT2D eigenvalue weighted by atomic mass is 9.79. The van der Waals surface area contributed by atoms with Crippen molar-refractivity contribution in [2.24, 2.45) is 0 Å². The van der Waals surface area contributed by atoms with Crippen LogP contribution in [0.2, 0.25) is 10.0 Å². The van der Waals surface area contributed by atoms with Crippen LogP contribution in [0.25, 0.3) is 27.6 Å². The number of nitrogens with zero attached hydrogens (tertiary/aromatic N) is 4. The molecule has 0 atom stereocenters. The number of rotatable bonds is 6. The fraction of sp³-hybridized carbons (Fsp3) is 0.233. The van der Waals surface area contributed by atoms with Crippen LogP contribution in [0.5, 0.6) is 0 Å². The van der Waals surface area contributed by atoms with Gasteiger partial charge in [-0.2, -0.15) is 5.10 Å². The van der Waals surface area contributed by atoms with Crippen molar-refractivity contribution < 1.29 is 0 Å². The van der Waals surface area contributed by atoms with E-state index in [2.05, 4.69) is 65.3 Å². The summed E-state index contributed by atoms with van der Waals surface area (Å²) in [7, 11) is 0. The molecule has 0 unspecified atom stereocenters. The molecule has 1 saturated carbocycles. The monoisotopic (exact) mass is 622 g/mol. The molecule has 2 heterocycles. The van der Waals surface area contributed by atoms with E-state index in [9.17, 15) is 0 Å². The zero-order chi connectivity index (χ0) is 26.3. The van der Waals surface area contributed by atoms with E-state index < -0.39 is 0 Å². The van der Waals surface area contributed by atoms with Crippen molar-refractivity contribution in [3.63, 3.8) is 0 Å². The Balaban J connectivity index is 1.53. The molecule has 5 aromatic rings. The lowest BCUT2D eigenvalue weighted by Crippen LogP contribution is -2.23. The van der Waals surface area contributed by atoms with E-state index in [1.807, 2.05) is 28.9 Å².